The molecule has 0 N–H and O–H groups in total. The van der Waals surface area contributed by atoms with Crippen molar-refractivity contribution in [1.29, 1.82) is 0 Å². The Morgan fingerprint density at radius 3 is 2.27 bits per heavy atom. The molecule has 0 spiro atoms. The topological polar surface area (TPSA) is 66.9 Å². The number of thiophene rings is 1. The van der Waals surface area contributed by atoms with Crippen LogP contribution in [0, 0.1) is 6.92 Å². The van der Waals surface area contributed by atoms with E-state index >= 15 is 0 Å². The first kappa shape index (κ1) is 16.2. The Kier molecular flexibility index (Phi) is 5.32. The van der Waals surface area contributed by atoms with Gasteiger partial charge in [0, 0.05) is 43.2 Å². The lowest BCUT2D eigenvalue weighted by atomic mass is 10.2. The average Bonchev–Trinajstić information content (AvgIpc) is 2.98. The lowest BCUT2D eigenvalue weighted by molar-refractivity contribution is -0.135. The van der Waals surface area contributed by atoms with Crippen LogP contribution in [-0.4, -0.2) is 60.9 Å². The average molecular weight is 322 g/mol. The van der Waals surface area contributed by atoms with Crippen LogP contribution in [0.5, 0.6) is 0 Å². The van der Waals surface area contributed by atoms with Gasteiger partial charge < -0.3 is 14.5 Å². The molecule has 2 heterocycles. The summed E-state index contributed by atoms with van der Waals surface area (Å²) in [7, 11) is 1.26. The van der Waals surface area contributed by atoms with Gasteiger partial charge in [-0.05, 0) is 19.1 Å². The molecule has 2 amide bonds. The van der Waals surface area contributed by atoms with E-state index in [1.165, 1.54) is 24.5 Å². The van der Waals surface area contributed by atoms with Crippen LogP contribution in [0.1, 0.15) is 14.5 Å². The molecule has 0 bridgehead atoms. The molecule has 1 fully saturated rings. The third-order valence-electron chi connectivity index (χ3n) is 3.39. The summed E-state index contributed by atoms with van der Waals surface area (Å²) in [5.41, 5.74) is 0. The number of aryl methyl sites for hydroxylation is 1. The van der Waals surface area contributed by atoms with Crippen LogP contribution in [0.2, 0.25) is 0 Å². The molecule has 7 heteroatoms. The Hall–Kier alpha value is -2.15. The summed E-state index contributed by atoms with van der Waals surface area (Å²) in [5.74, 6) is -0.796. The quantitative estimate of drug-likeness (QED) is 0.617. The van der Waals surface area contributed by atoms with Gasteiger partial charge in [-0.1, -0.05) is 0 Å². The Morgan fingerprint density at radius 1 is 1.09 bits per heavy atom. The number of rotatable bonds is 3. The molecule has 6 nitrogen and oxygen atoms in total. The number of nitrogens with zero attached hydrogens (tertiary/aromatic N) is 2. The van der Waals surface area contributed by atoms with Crippen molar-refractivity contribution in [2.45, 2.75) is 6.92 Å². The minimum Gasteiger partial charge on any atom is -0.466 e. The number of amides is 2. The number of piperazine rings is 1. The second-order valence-electron chi connectivity index (χ2n) is 4.88. The minimum absolute atomic E-state index is 0.00954. The summed E-state index contributed by atoms with van der Waals surface area (Å²) >= 11 is 1.48. The SMILES string of the molecule is COC(=O)/C=C/C(=O)N1CCN(C(=O)c2ccc(C)s2)CC1. The lowest BCUT2D eigenvalue weighted by Gasteiger charge is -2.34. The maximum atomic E-state index is 12.3. The number of ether oxygens (including phenoxy) is 1. The van der Waals surface area contributed by atoms with Crippen molar-refractivity contribution in [3.63, 3.8) is 0 Å². The Bertz CT molecular complexity index is 600. The Balaban J connectivity index is 1.87. The molecule has 1 aliphatic rings. The van der Waals surface area contributed by atoms with Crippen LogP contribution in [0.15, 0.2) is 24.3 Å². The fourth-order valence-electron chi connectivity index (χ4n) is 2.15. The fourth-order valence-corrected chi connectivity index (χ4v) is 2.98. The molecule has 0 atom stereocenters. The number of esters is 1. The van der Waals surface area contributed by atoms with E-state index in [0.29, 0.717) is 26.2 Å². The second-order valence-corrected chi connectivity index (χ2v) is 6.17. The molecule has 118 valence electrons. The number of carbonyl (C=O) groups excluding carboxylic acids is 3. The molecular weight excluding hydrogens is 304 g/mol. The zero-order valence-corrected chi connectivity index (χ0v) is 13.4. The van der Waals surface area contributed by atoms with Gasteiger partial charge in [-0.2, -0.15) is 0 Å². The minimum atomic E-state index is -0.560. The van der Waals surface area contributed by atoms with Gasteiger partial charge in [0.2, 0.25) is 5.91 Å². The molecule has 0 unspecified atom stereocenters. The van der Waals surface area contributed by atoms with Crippen LogP contribution < -0.4 is 0 Å². The van der Waals surface area contributed by atoms with Crippen LogP contribution in [0.25, 0.3) is 0 Å². The molecule has 22 heavy (non-hydrogen) atoms. The number of methoxy groups -OCH3 is 1. The third-order valence-corrected chi connectivity index (χ3v) is 4.38. The monoisotopic (exact) mass is 322 g/mol. The smallest absolute Gasteiger partial charge is 0.330 e. The van der Waals surface area contributed by atoms with Crippen LogP contribution >= 0.6 is 11.3 Å². The number of carbonyl (C=O) groups is 3. The molecule has 2 rings (SSSR count). The van der Waals surface area contributed by atoms with Crippen molar-refractivity contribution in [1.82, 2.24) is 9.80 Å². The Morgan fingerprint density at radius 2 is 1.73 bits per heavy atom. The van der Waals surface area contributed by atoms with Crippen molar-refractivity contribution in [3.05, 3.63) is 34.0 Å². The van der Waals surface area contributed by atoms with E-state index < -0.39 is 5.97 Å². The predicted molar refractivity (Wildman–Crippen MR) is 82.7 cm³/mol. The first-order valence-electron chi connectivity index (χ1n) is 6.92. The van der Waals surface area contributed by atoms with Crippen molar-refractivity contribution >= 4 is 29.1 Å². The zero-order valence-electron chi connectivity index (χ0n) is 12.6. The van der Waals surface area contributed by atoms with E-state index in [2.05, 4.69) is 4.74 Å². The van der Waals surface area contributed by atoms with Crippen molar-refractivity contribution in [2.24, 2.45) is 0 Å². The summed E-state index contributed by atoms with van der Waals surface area (Å²) < 4.78 is 4.44. The fraction of sp³-hybridized carbons (Fsp3) is 0.400. The van der Waals surface area contributed by atoms with Crippen LogP contribution in [0.4, 0.5) is 0 Å². The van der Waals surface area contributed by atoms with Crippen LogP contribution in [0.3, 0.4) is 0 Å². The summed E-state index contributed by atoms with van der Waals surface area (Å²) in [6.07, 6.45) is 2.31. The van der Waals surface area contributed by atoms with Gasteiger partial charge in [0.05, 0.1) is 12.0 Å². The molecule has 0 radical (unpaired) electrons. The van der Waals surface area contributed by atoms with E-state index in [1.807, 2.05) is 19.1 Å². The molecule has 0 saturated carbocycles. The summed E-state index contributed by atoms with van der Waals surface area (Å²) in [6, 6.07) is 3.76. The zero-order chi connectivity index (χ0) is 16.1. The van der Waals surface area contributed by atoms with Gasteiger partial charge in [0.1, 0.15) is 0 Å². The highest BCUT2D eigenvalue weighted by atomic mass is 32.1. The highest BCUT2D eigenvalue weighted by Gasteiger charge is 2.24. The van der Waals surface area contributed by atoms with Gasteiger partial charge in [0.15, 0.2) is 0 Å². The van der Waals surface area contributed by atoms with Gasteiger partial charge in [-0.15, -0.1) is 11.3 Å². The van der Waals surface area contributed by atoms with E-state index in [4.69, 9.17) is 0 Å². The van der Waals surface area contributed by atoms with Crippen molar-refractivity contribution in [3.8, 4) is 0 Å². The molecule has 0 aromatic carbocycles. The summed E-state index contributed by atoms with van der Waals surface area (Å²) in [4.78, 5) is 40.4. The summed E-state index contributed by atoms with van der Waals surface area (Å²) in [5, 5.41) is 0. The van der Waals surface area contributed by atoms with Crippen LogP contribution in [-0.2, 0) is 14.3 Å². The van der Waals surface area contributed by atoms with Crippen molar-refractivity contribution < 1.29 is 19.1 Å². The van der Waals surface area contributed by atoms with E-state index in [9.17, 15) is 14.4 Å². The van der Waals surface area contributed by atoms with Crippen molar-refractivity contribution in [2.75, 3.05) is 33.3 Å². The molecular formula is C15H18N2O4S. The number of hydrogen-bond donors (Lipinski definition) is 0. The van der Waals surface area contributed by atoms with E-state index in [0.717, 1.165) is 15.8 Å². The standard InChI is InChI=1S/C15H18N2O4S/c1-11-3-4-12(22-11)15(20)17-9-7-16(8-10-17)13(18)5-6-14(19)21-2/h3-6H,7-10H2,1-2H3/b6-5+. The number of hydrogen-bond acceptors (Lipinski definition) is 5. The molecule has 1 saturated heterocycles. The summed E-state index contributed by atoms with van der Waals surface area (Å²) in [6.45, 7) is 3.87. The molecule has 1 aromatic rings. The molecule has 1 aliphatic heterocycles. The maximum Gasteiger partial charge on any atom is 0.330 e. The van der Waals surface area contributed by atoms with Gasteiger partial charge in [0.25, 0.3) is 5.91 Å². The first-order chi connectivity index (χ1) is 10.5. The van der Waals surface area contributed by atoms with Gasteiger partial charge >= 0.3 is 5.97 Å². The third kappa shape index (κ3) is 3.94. The van der Waals surface area contributed by atoms with Gasteiger partial charge in [-0.25, -0.2) is 4.79 Å². The Labute approximate surface area is 133 Å². The largest absolute Gasteiger partial charge is 0.466 e. The highest BCUT2D eigenvalue weighted by Crippen LogP contribution is 2.18. The first-order valence-corrected chi connectivity index (χ1v) is 7.73. The highest BCUT2D eigenvalue weighted by molar-refractivity contribution is 7.13. The lowest BCUT2D eigenvalue weighted by Crippen LogP contribution is -2.50. The predicted octanol–water partition coefficient (Wildman–Crippen LogP) is 1.07. The second kappa shape index (κ2) is 7.22. The van der Waals surface area contributed by atoms with E-state index in [1.54, 1.807) is 9.80 Å². The molecule has 0 aliphatic carbocycles. The maximum absolute atomic E-state index is 12.3. The molecule has 1 aromatic heterocycles. The van der Waals surface area contributed by atoms with E-state index in [-0.39, 0.29) is 11.8 Å². The normalized spacial score (nSPS) is 15.2. The van der Waals surface area contributed by atoms with Gasteiger partial charge in [-0.3, -0.25) is 9.59 Å².